The number of carbonyl (C=O) groups is 1. The molecule has 9 heteroatoms. The van der Waals surface area contributed by atoms with Crippen LogP contribution in [0.4, 0.5) is 5.69 Å². The van der Waals surface area contributed by atoms with E-state index in [0.717, 1.165) is 0 Å². The molecule has 24 heavy (non-hydrogen) atoms. The molecule has 0 bridgehead atoms. The van der Waals surface area contributed by atoms with Crippen LogP contribution < -0.4 is 0 Å². The minimum absolute atomic E-state index is 0.0238. The topological polar surface area (TPSA) is 123 Å². The van der Waals surface area contributed by atoms with Crippen molar-refractivity contribution in [2.45, 2.75) is 16.3 Å². The molecular weight excluding hydrogens is 334 g/mol. The lowest BCUT2D eigenvalue weighted by Crippen LogP contribution is -2.11. The third-order valence-corrected chi connectivity index (χ3v) is 5.22. The molecule has 2 heterocycles. The number of sulfone groups is 1. The second kappa shape index (κ2) is 5.85. The van der Waals surface area contributed by atoms with Gasteiger partial charge in [-0.25, -0.2) is 13.4 Å². The number of benzene rings is 1. The Morgan fingerprint density at radius 2 is 1.92 bits per heavy atom. The number of carbonyl (C=O) groups excluding carboxylic acids is 1. The van der Waals surface area contributed by atoms with Crippen molar-refractivity contribution in [3.05, 3.63) is 58.3 Å². The third-order valence-electron chi connectivity index (χ3n) is 3.53. The first-order chi connectivity index (χ1) is 11.5. The van der Waals surface area contributed by atoms with Gasteiger partial charge >= 0.3 is 5.69 Å². The summed E-state index contributed by atoms with van der Waals surface area (Å²) in [6, 6.07) is 8.84. The fourth-order valence-electron chi connectivity index (χ4n) is 2.48. The standard InChI is InChI=1S/C15H11N3O5S/c19-9-7-11-12-6-8-16-14(12)17-15(13(11)18(20)21)24(22,23)10-4-2-1-3-5-10/h1-6,8-9H,7H2,(H,16,17). The Bertz CT molecular complexity index is 1040. The van der Waals surface area contributed by atoms with Gasteiger partial charge in [0.25, 0.3) is 0 Å². The lowest BCUT2D eigenvalue weighted by Gasteiger charge is -2.08. The Labute approximate surface area is 136 Å². The molecule has 0 unspecified atom stereocenters. The zero-order valence-corrected chi connectivity index (χ0v) is 13.0. The van der Waals surface area contributed by atoms with Crippen molar-refractivity contribution < 1.29 is 18.1 Å². The fourth-order valence-corrected chi connectivity index (χ4v) is 3.89. The van der Waals surface area contributed by atoms with Gasteiger partial charge in [0, 0.05) is 18.0 Å². The number of hydrogen-bond donors (Lipinski definition) is 1. The van der Waals surface area contributed by atoms with E-state index in [1.165, 1.54) is 36.5 Å². The predicted octanol–water partition coefficient (Wildman–Crippen LogP) is 2.05. The molecule has 0 saturated carbocycles. The normalized spacial score (nSPS) is 11.5. The van der Waals surface area contributed by atoms with Gasteiger partial charge in [-0.3, -0.25) is 10.1 Å². The highest BCUT2D eigenvalue weighted by molar-refractivity contribution is 7.91. The molecule has 1 N–H and O–H groups in total. The highest BCUT2D eigenvalue weighted by atomic mass is 32.2. The molecular formula is C15H11N3O5S. The Balaban J connectivity index is 2.41. The smallest absolute Gasteiger partial charge is 0.311 e. The minimum atomic E-state index is -4.21. The number of aromatic nitrogens is 2. The van der Waals surface area contributed by atoms with Gasteiger partial charge in [-0.2, -0.15) is 0 Å². The van der Waals surface area contributed by atoms with Crippen LogP contribution in [0.1, 0.15) is 5.56 Å². The van der Waals surface area contributed by atoms with E-state index in [1.807, 2.05) is 0 Å². The van der Waals surface area contributed by atoms with Crippen LogP contribution in [0.3, 0.4) is 0 Å². The number of nitrogens with one attached hydrogen (secondary N) is 1. The third kappa shape index (κ3) is 2.44. The Morgan fingerprint density at radius 3 is 2.54 bits per heavy atom. The van der Waals surface area contributed by atoms with Crippen LogP contribution in [0.5, 0.6) is 0 Å². The quantitative estimate of drug-likeness (QED) is 0.429. The minimum Gasteiger partial charge on any atom is -0.346 e. The lowest BCUT2D eigenvalue weighted by molar-refractivity contribution is -0.388. The van der Waals surface area contributed by atoms with Gasteiger partial charge in [0.15, 0.2) is 0 Å². The van der Waals surface area contributed by atoms with Gasteiger partial charge < -0.3 is 9.78 Å². The van der Waals surface area contributed by atoms with Crippen molar-refractivity contribution in [2.24, 2.45) is 0 Å². The summed E-state index contributed by atoms with van der Waals surface area (Å²) in [6.07, 6.45) is 1.69. The number of fused-ring (bicyclic) bond motifs is 1. The predicted molar refractivity (Wildman–Crippen MR) is 84.4 cm³/mol. The van der Waals surface area contributed by atoms with Gasteiger partial charge in [-0.05, 0) is 18.2 Å². The Hall–Kier alpha value is -3.07. The van der Waals surface area contributed by atoms with E-state index in [4.69, 9.17) is 0 Å². The van der Waals surface area contributed by atoms with Crippen LogP contribution in [0, 0.1) is 10.1 Å². The second-order valence-corrected chi connectivity index (χ2v) is 6.79. The molecule has 0 saturated heterocycles. The van der Waals surface area contributed by atoms with Gasteiger partial charge in [-0.1, -0.05) is 18.2 Å². The van der Waals surface area contributed by atoms with Crippen molar-refractivity contribution >= 4 is 32.8 Å². The number of aromatic amines is 1. The first-order valence-corrected chi connectivity index (χ1v) is 8.33. The van der Waals surface area contributed by atoms with E-state index in [0.29, 0.717) is 11.7 Å². The van der Waals surface area contributed by atoms with E-state index in [-0.39, 0.29) is 22.5 Å². The highest BCUT2D eigenvalue weighted by Gasteiger charge is 2.34. The van der Waals surface area contributed by atoms with E-state index in [1.54, 1.807) is 6.07 Å². The molecule has 122 valence electrons. The molecule has 3 aromatic rings. The van der Waals surface area contributed by atoms with Crippen LogP contribution in [0.25, 0.3) is 11.0 Å². The van der Waals surface area contributed by atoms with E-state index < -0.39 is 25.5 Å². The molecule has 0 aliphatic carbocycles. The van der Waals surface area contributed by atoms with Gasteiger partial charge in [0.05, 0.1) is 15.4 Å². The number of H-pyrrole nitrogens is 1. The van der Waals surface area contributed by atoms with Gasteiger partial charge in [-0.15, -0.1) is 0 Å². The molecule has 0 aliphatic rings. The molecule has 0 aliphatic heterocycles. The first kappa shape index (κ1) is 15.8. The van der Waals surface area contributed by atoms with Crippen molar-refractivity contribution in [3.8, 4) is 0 Å². The maximum Gasteiger partial charge on any atom is 0.311 e. The zero-order valence-electron chi connectivity index (χ0n) is 12.2. The summed E-state index contributed by atoms with van der Waals surface area (Å²) in [4.78, 5) is 28.2. The van der Waals surface area contributed by atoms with Crippen LogP contribution in [0.2, 0.25) is 0 Å². The molecule has 3 rings (SSSR count). The van der Waals surface area contributed by atoms with Crippen LogP contribution >= 0.6 is 0 Å². The maximum absolute atomic E-state index is 12.8. The lowest BCUT2D eigenvalue weighted by atomic mass is 10.1. The highest BCUT2D eigenvalue weighted by Crippen LogP contribution is 2.35. The number of aldehydes is 1. The van der Waals surface area contributed by atoms with E-state index in [9.17, 15) is 23.3 Å². The summed E-state index contributed by atoms with van der Waals surface area (Å²) in [5.41, 5.74) is -0.472. The number of rotatable bonds is 5. The monoisotopic (exact) mass is 345 g/mol. The first-order valence-electron chi connectivity index (χ1n) is 6.85. The molecule has 1 aromatic carbocycles. The van der Waals surface area contributed by atoms with Crippen molar-refractivity contribution in [1.82, 2.24) is 9.97 Å². The second-order valence-electron chi connectivity index (χ2n) is 4.93. The average molecular weight is 345 g/mol. The number of hydrogen-bond acceptors (Lipinski definition) is 6. The van der Waals surface area contributed by atoms with Crippen molar-refractivity contribution in [1.29, 1.82) is 0 Å². The van der Waals surface area contributed by atoms with Crippen LogP contribution in [0.15, 0.2) is 52.5 Å². The number of nitro groups is 1. The van der Waals surface area contributed by atoms with Crippen molar-refractivity contribution in [2.75, 3.05) is 0 Å². The average Bonchev–Trinajstić information content (AvgIpc) is 3.04. The van der Waals surface area contributed by atoms with E-state index in [2.05, 4.69) is 9.97 Å². The zero-order chi connectivity index (χ0) is 17.3. The molecule has 0 radical (unpaired) electrons. The fraction of sp³-hybridized carbons (Fsp3) is 0.0667. The van der Waals surface area contributed by atoms with Crippen molar-refractivity contribution in [3.63, 3.8) is 0 Å². The number of nitrogens with zero attached hydrogens (tertiary/aromatic N) is 2. The van der Waals surface area contributed by atoms with Gasteiger partial charge in [0.2, 0.25) is 14.9 Å². The molecule has 0 amide bonds. The molecule has 0 spiro atoms. The summed E-state index contributed by atoms with van der Waals surface area (Å²) < 4.78 is 25.6. The maximum atomic E-state index is 12.8. The van der Waals surface area contributed by atoms with Crippen LogP contribution in [-0.2, 0) is 21.1 Å². The van der Waals surface area contributed by atoms with Crippen LogP contribution in [-0.4, -0.2) is 29.6 Å². The Kier molecular flexibility index (Phi) is 3.86. The van der Waals surface area contributed by atoms with E-state index >= 15 is 0 Å². The summed E-state index contributed by atoms with van der Waals surface area (Å²) in [5.74, 6) is 0. The molecule has 0 atom stereocenters. The largest absolute Gasteiger partial charge is 0.346 e. The molecule has 8 nitrogen and oxygen atoms in total. The summed E-state index contributed by atoms with van der Waals surface area (Å²) >= 11 is 0. The SMILES string of the molecule is O=CCc1c([N+](=O)[O-])c(S(=O)(=O)c2ccccc2)nc2[nH]ccc12. The summed E-state index contributed by atoms with van der Waals surface area (Å²) in [6.45, 7) is 0. The Morgan fingerprint density at radius 1 is 1.21 bits per heavy atom. The summed E-state index contributed by atoms with van der Waals surface area (Å²) in [5, 5.41) is 11.2. The number of pyridine rings is 1. The molecule has 2 aromatic heterocycles. The van der Waals surface area contributed by atoms with Gasteiger partial charge in [0.1, 0.15) is 11.9 Å². The molecule has 0 fully saturated rings. The summed E-state index contributed by atoms with van der Waals surface area (Å²) in [7, 11) is -4.21.